The Bertz CT molecular complexity index is 1090. The summed E-state index contributed by atoms with van der Waals surface area (Å²) in [5.74, 6) is 0.690. The first-order valence-corrected chi connectivity index (χ1v) is 7.89. The van der Waals surface area contributed by atoms with Crippen LogP contribution in [0.25, 0.3) is 32.8 Å². The predicted octanol–water partition coefficient (Wildman–Crippen LogP) is 3.37. The third-order valence-electron chi connectivity index (χ3n) is 4.13. The quantitative estimate of drug-likeness (QED) is 0.626. The normalized spacial score (nSPS) is 11.8. The minimum Gasteiger partial charge on any atom is -0.488 e. The lowest BCUT2D eigenvalue weighted by molar-refractivity contribution is 0.261. The van der Waals surface area contributed by atoms with Crippen molar-refractivity contribution in [2.75, 3.05) is 27.2 Å². The van der Waals surface area contributed by atoms with Crippen LogP contribution in [0.15, 0.2) is 51.7 Å². The molecule has 0 saturated heterocycles. The molecule has 0 saturated carbocycles. The number of rotatable bonds is 4. The van der Waals surface area contributed by atoms with Crippen molar-refractivity contribution in [2.24, 2.45) is 0 Å². The van der Waals surface area contributed by atoms with Gasteiger partial charge in [-0.3, -0.25) is 4.79 Å². The zero-order valence-electron chi connectivity index (χ0n) is 13.6. The summed E-state index contributed by atoms with van der Waals surface area (Å²) in [6.07, 6.45) is 0. The summed E-state index contributed by atoms with van der Waals surface area (Å²) in [6, 6.07) is 13.2. The fourth-order valence-electron chi connectivity index (χ4n) is 2.92. The van der Waals surface area contributed by atoms with Crippen LogP contribution in [0.3, 0.4) is 0 Å². The summed E-state index contributed by atoms with van der Waals surface area (Å²) in [4.78, 5) is 17.3. The number of aromatic amines is 1. The van der Waals surface area contributed by atoms with Crippen molar-refractivity contribution in [1.29, 1.82) is 0 Å². The van der Waals surface area contributed by atoms with Gasteiger partial charge in [-0.2, -0.15) is 0 Å². The zero-order chi connectivity index (χ0) is 16.7. The molecule has 0 amide bonds. The number of nitrogens with one attached hydrogen (secondary N) is 1. The summed E-state index contributed by atoms with van der Waals surface area (Å²) in [5, 5.41) is 2.29. The second-order valence-electron chi connectivity index (χ2n) is 6.09. The Morgan fingerprint density at radius 1 is 1.00 bits per heavy atom. The van der Waals surface area contributed by atoms with Crippen LogP contribution in [-0.4, -0.2) is 37.1 Å². The molecule has 122 valence electrons. The Labute approximate surface area is 138 Å². The van der Waals surface area contributed by atoms with Gasteiger partial charge in [-0.05, 0) is 32.3 Å². The highest BCUT2D eigenvalue weighted by Crippen LogP contribution is 2.35. The zero-order valence-corrected chi connectivity index (χ0v) is 13.6. The highest BCUT2D eigenvalue weighted by molar-refractivity contribution is 6.13. The molecule has 0 aliphatic heterocycles. The van der Waals surface area contributed by atoms with Crippen LogP contribution in [0.5, 0.6) is 5.75 Å². The minimum absolute atomic E-state index is 0.111. The van der Waals surface area contributed by atoms with E-state index < -0.39 is 0 Å². The molecule has 5 heteroatoms. The topological polar surface area (TPSA) is 58.5 Å². The summed E-state index contributed by atoms with van der Waals surface area (Å²) >= 11 is 0. The smallest absolute Gasteiger partial charge is 0.256 e. The number of furan rings is 1. The molecule has 2 heterocycles. The van der Waals surface area contributed by atoms with Gasteiger partial charge in [-0.1, -0.05) is 24.3 Å². The van der Waals surface area contributed by atoms with Gasteiger partial charge in [0.25, 0.3) is 5.56 Å². The van der Waals surface area contributed by atoms with Gasteiger partial charge in [-0.25, -0.2) is 0 Å². The second kappa shape index (κ2) is 5.69. The van der Waals surface area contributed by atoms with Gasteiger partial charge in [0.2, 0.25) is 0 Å². The number of aromatic nitrogens is 1. The SMILES string of the molecule is CN(C)CCOc1cccc2c1oc1c3ccccc3c(=O)[nH]c21. The van der Waals surface area contributed by atoms with E-state index in [4.69, 9.17) is 9.15 Å². The number of likely N-dealkylation sites (N-methyl/N-ethyl adjacent to an activating group) is 1. The van der Waals surface area contributed by atoms with Gasteiger partial charge in [0, 0.05) is 17.3 Å². The molecule has 5 nitrogen and oxygen atoms in total. The van der Waals surface area contributed by atoms with Gasteiger partial charge >= 0.3 is 0 Å². The lowest BCUT2D eigenvalue weighted by atomic mass is 10.1. The molecule has 4 rings (SSSR count). The molecular weight excluding hydrogens is 304 g/mol. The fourth-order valence-corrected chi connectivity index (χ4v) is 2.92. The highest BCUT2D eigenvalue weighted by atomic mass is 16.5. The van der Waals surface area contributed by atoms with Gasteiger partial charge < -0.3 is 19.0 Å². The Morgan fingerprint density at radius 2 is 1.75 bits per heavy atom. The number of fused-ring (bicyclic) bond motifs is 5. The molecule has 0 radical (unpaired) electrons. The standard InChI is InChI=1S/C19H18N2O3/c1-21(2)10-11-23-15-9-5-8-14-16-18(24-17(14)15)12-6-3-4-7-13(12)19(22)20-16/h3-9H,10-11H2,1-2H3,(H,20,22). The molecule has 0 fully saturated rings. The van der Waals surface area contributed by atoms with E-state index in [9.17, 15) is 4.79 Å². The molecule has 0 spiro atoms. The minimum atomic E-state index is -0.111. The molecule has 4 aromatic rings. The molecule has 0 aliphatic rings. The Hall–Kier alpha value is -2.79. The fraction of sp³-hybridized carbons (Fsp3) is 0.211. The second-order valence-corrected chi connectivity index (χ2v) is 6.09. The molecule has 2 aromatic carbocycles. The van der Waals surface area contributed by atoms with E-state index in [0.717, 1.165) is 17.3 Å². The van der Waals surface area contributed by atoms with Crippen LogP contribution in [0.1, 0.15) is 0 Å². The molecule has 0 aliphatic carbocycles. The number of hydrogen-bond acceptors (Lipinski definition) is 4. The van der Waals surface area contributed by atoms with Crippen molar-refractivity contribution in [1.82, 2.24) is 9.88 Å². The number of benzene rings is 2. The third-order valence-corrected chi connectivity index (χ3v) is 4.13. The number of para-hydroxylation sites is 1. The first kappa shape index (κ1) is 14.8. The Balaban J connectivity index is 1.94. The molecule has 2 aromatic heterocycles. The molecule has 1 N–H and O–H groups in total. The van der Waals surface area contributed by atoms with Crippen LogP contribution in [0.2, 0.25) is 0 Å². The van der Waals surface area contributed by atoms with Crippen LogP contribution in [0, 0.1) is 0 Å². The highest BCUT2D eigenvalue weighted by Gasteiger charge is 2.15. The van der Waals surface area contributed by atoms with Crippen molar-refractivity contribution in [3.8, 4) is 5.75 Å². The van der Waals surface area contributed by atoms with E-state index in [2.05, 4.69) is 9.88 Å². The predicted molar refractivity (Wildman–Crippen MR) is 95.9 cm³/mol. The first-order valence-electron chi connectivity index (χ1n) is 7.89. The van der Waals surface area contributed by atoms with Gasteiger partial charge in [-0.15, -0.1) is 0 Å². The lowest BCUT2D eigenvalue weighted by Gasteiger charge is -2.10. The van der Waals surface area contributed by atoms with Crippen molar-refractivity contribution in [2.45, 2.75) is 0 Å². The number of H-pyrrole nitrogens is 1. The van der Waals surface area contributed by atoms with Gasteiger partial charge in [0.05, 0.1) is 10.9 Å². The molecule has 0 unspecified atom stereocenters. The average molecular weight is 322 g/mol. The van der Waals surface area contributed by atoms with Gasteiger partial charge in [0.15, 0.2) is 16.9 Å². The Kier molecular flexibility index (Phi) is 3.50. The van der Waals surface area contributed by atoms with E-state index in [1.807, 2.05) is 50.5 Å². The van der Waals surface area contributed by atoms with E-state index in [0.29, 0.717) is 34.4 Å². The van der Waals surface area contributed by atoms with Crippen molar-refractivity contribution in [3.05, 3.63) is 52.8 Å². The average Bonchev–Trinajstić information content (AvgIpc) is 2.95. The molecule has 0 atom stereocenters. The maximum absolute atomic E-state index is 12.3. The van der Waals surface area contributed by atoms with Crippen molar-refractivity contribution in [3.63, 3.8) is 0 Å². The lowest BCUT2D eigenvalue weighted by Crippen LogP contribution is -2.19. The summed E-state index contributed by atoms with van der Waals surface area (Å²) in [5.41, 5.74) is 1.95. The van der Waals surface area contributed by atoms with Crippen LogP contribution < -0.4 is 10.3 Å². The number of hydrogen-bond donors (Lipinski definition) is 1. The largest absolute Gasteiger partial charge is 0.488 e. The van der Waals surface area contributed by atoms with E-state index in [1.54, 1.807) is 6.07 Å². The number of pyridine rings is 1. The van der Waals surface area contributed by atoms with Gasteiger partial charge in [0.1, 0.15) is 6.61 Å². The van der Waals surface area contributed by atoms with Crippen LogP contribution in [0.4, 0.5) is 0 Å². The molecule has 0 bridgehead atoms. The van der Waals surface area contributed by atoms with Crippen LogP contribution >= 0.6 is 0 Å². The van der Waals surface area contributed by atoms with E-state index in [-0.39, 0.29) is 5.56 Å². The summed E-state index contributed by atoms with van der Waals surface area (Å²) < 4.78 is 12.0. The van der Waals surface area contributed by atoms with E-state index >= 15 is 0 Å². The summed E-state index contributed by atoms with van der Waals surface area (Å²) in [6.45, 7) is 1.39. The van der Waals surface area contributed by atoms with Crippen molar-refractivity contribution >= 4 is 32.8 Å². The number of ether oxygens (including phenoxy) is 1. The van der Waals surface area contributed by atoms with Crippen LogP contribution in [-0.2, 0) is 0 Å². The molecule has 24 heavy (non-hydrogen) atoms. The van der Waals surface area contributed by atoms with E-state index in [1.165, 1.54) is 0 Å². The summed E-state index contributed by atoms with van der Waals surface area (Å²) in [7, 11) is 4.00. The number of nitrogens with zero attached hydrogens (tertiary/aromatic N) is 1. The maximum atomic E-state index is 12.3. The molecular formula is C19H18N2O3. The Morgan fingerprint density at radius 3 is 2.54 bits per heavy atom. The van der Waals surface area contributed by atoms with Crippen molar-refractivity contribution < 1.29 is 9.15 Å². The maximum Gasteiger partial charge on any atom is 0.256 e. The third kappa shape index (κ3) is 2.34. The monoisotopic (exact) mass is 322 g/mol. The first-order chi connectivity index (χ1) is 11.6.